The van der Waals surface area contributed by atoms with Crippen LogP contribution in [-0.4, -0.2) is 17.4 Å². The van der Waals surface area contributed by atoms with Crippen molar-refractivity contribution in [3.05, 3.63) is 95.4 Å². The van der Waals surface area contributed by atoms with E-state index in [0.717, 1.165) is 12.8 Å². The quantitative estimate of drug-likeness (QED) is 0.618. The lowest BCUT2D eigenvalue weighted by molar-refractivity contribution is 0.0740. The van der Waals surface area contributed by atoms with Crippen LogP contribution in [-0.2, 0) is 13.0 Å². The SMILES string of the molecule is Cc1ccccc1CN(CCCc1ccccc1)C(=O)c1ccoc1. The summed E-state index contributed by atoms with van der Waals surface area (Å²) in [6.07, 6.45) is 4.96. The third-order valence-corrected chi connectivity index (χ3v) is 4.41. The molecule has 0 saturated carbocycles. The molecule has 0 fully saturated rings. The summed E-state index contributed by atoms with van der Waals surface area (Å²) in [5.41, 5.74) is 4.29. The first-order valence-corrected chi connectivity index (χ1v) is 8.64. The van der Waals surface area contributed by atoms with Crippen molar-refractivity contribution in [3.8, 4) is 0 Å². The summed E-state index contributed by atoms with van der Waals surface area (Å²) in [4.78, 5) is 14.7. The predicted molar refractivity (Wildman–Crippen MR) is 99.4 cm³/mol. The maximum Gasteiger partial charge on any atom is 0.257 e. The van der Waals surface area contributed by atoms with E-state index in [1.165, 1.54) is 23.0 Å². The van der Waals surface area contributed by atoms with E-state index < -0.39 is 0 Å². The van der Waals surface area contributed by atoms with Crippen LogP contribution in [0.4, 0.5) is 0 Å². The third-order valence-electron chi connectivity index (χ3n) is 4.41. The minimum Gasteiger partial charge on any atom is -0.472 e. The van der Waals surface area contributed by atoms with Crippen molar-refractivity contribution in [2.24, 2.45) is 0 Å². The monoisotopic (exact) mass is 333 g/mol. The molecule has 0 spiro atoms. The first-order chi connectivity index (χ1) is 12.2. The van der Waals surface area contributed by atoms with E-state index in [1.54, 1.807) is 12.3 Å². The van der Waals surface area contributed by atoms with E-state index in [0.29, 0.717) is 18.7 Å². The Bertz CT molecular complexity index is 794. The predicted octanol–water partition coefficient (Wildman–Crippen LogP) is 4.86. The van der Waals surface area contributed by atoms with Crippen molar-refractivity contribution in [2.75, 3.05) is 6.54 Å². The fourth-order valence-electron chi connectivity index (χ4n) is 2.93. The molecule has 3 heteroatoms. The zero-order chi connectivity index (χ0) is 17.5. The van der Waals surface area contributed by atoms with E-state index in [4.69, 9.17) is 4.42 Å². The van der Waals surface area contributed by atoms with Gasteiger partial charge in [0.1, 0.15) is 6.26 Å². The molecule has 3 rings (SSSR count). The topological polar surface area (TPSA) is 33.5 Å². The van der Waals surface area contributed by atoms with Gasteiger partial charge in [0, 0.05) is 13.1 Å². The second-order valence-electron chi connectivity index (χ2n) is 6.25. The molecule has 1 heterocycles. The molecule has 0 aliphatic carbocycles. The summed E-state index contributed by atoms with van der Waals surface area (Å²) >= 11 is 0. The minimum absolute atomic E-state index is 0.0186. The minimum atomic E-state index is 0.0186. The Hall–Kier alpha value is -2.81. The summed E-state index contributed by atoms with van der Waals surface area (Å²) < 4.78 is 5.09. The smallest absolute Gasteiger partial charge is 0.257 e. The lowest BCUT2D eigenvalue weighted by Gasteiger charge is -2.23. The van der Waals surface area contributed by atoms with Crippen molar-refractivity contribution in [3.63, 3.8) is 0 Å². The average molecular weight is 333 g/mol. The van der Waals surface area contributed by atoms with E-state index in [1.807, 2.05) is 23.1 Å². The highest BCUT2D eigenvalue weighted by Crippen LogP contribution is 2.15. The van der Waals surface area contributed by atoms with Gasteiger partial charge in [0.25, 0.3) is 5.91 Å². The number of carbonyl (C=O) groups is 1. The lowest BCUT2D eigenvalue weighted by atomic mass is 10.1. The second kappa shape index (κ2) is 8.34. The van der Waals surface area contributed by atoms with Crippen molar-refractivity contribution in [2.45, 2.75) is 26.3 Å². The van der Waals surface area contributed by atoms with Crippen LogP contribution in [0.15, 0.2) is 77.6 Å². The van der Waals surface area contributed by atoms with Gasteiger partial charge in [0.05, 0.1) is 11.8 Å². The summed E-state index contributed by atoms with van der Waals surface area (Å²) in [6, 6.07) is 20.3. The van der Waals surface area contributed by atoms with Crippen molar-refractivity contribution < 1.29 is 9.21 Å². The van der Waals surface area contributed by atoms with Crippen molar-refractivity contribution >= 4 is 5.91 Å². The fraction of sp³-hybridized carbons (Fsp3) is 0.227. The van der Waals surface area contributed by atoms with Crippen LogP contribution in [0.25, 0.3) is 0 Å². The Balaban J connectivity index is 1.70. The number of carbonyl (C=O) groups excluding carboxylic acids is 1. The van der Waals surface area contributed by atoms with Gasteiger partial charge >= 0.3 is 0 Å². The molecule has 3 aromatic rings. The van der Waals surface area contributed by atoms with Crippen LogP contribution in [0, 0.1) is 6.92 Å². The molecule has 0 bridgehead atoms. The summed E-state index contributed by atoms with van der Waals surface area (Å²) in [5.74, 6) is 0.0186. The number of benzene rings is 2. The van der Waals surface area contributed by atoms with Crippen LogP contribution in [0.5, 0.6) is 0 Å². The van der Waals surface area contributed by atoms with Crippen molar-refractivity contribution in [1.82, 2.24) is 4.90 Å². The van der Waals surface area contributed by atoms with Gasteiger partial charge in [-0.15, -0.1) is 0 Å². The Labute approximate surface area is 148 Å². The summed E-state index contributed by atoms with van der Waals surface area (Å²) in [5, 5.41) is 0. The van der Waals surface area contributed by atoms with Crippen LogP contribution >= 0.6 is 0 Å². The van der Waals surface area contributed by atoms with E-state index in [2.05, 4.69) is 43.3 Å². The standard InChI is InChI=1S/C22H23NO2/c1-18-8-5-6-12-20(18)16-23(22(24)21-13-15-25-17-21)14-7-11-19-9-3-2-4-10-19/h2-6,8-10,12-13,15,17H,7,11,14,16H2,1H3. The molecular formula is C22H23NO2. The molecule has 1 aromatic heterocycles. The number of aryl methyl sites for hydroxylation is 2. The zero-order valence-electron chi connectivity index (χ0n) is 14.5. The van der Waals surface area contributed by atoms with Gasteiger partial charge in [-0.25, -0.2) is 0 Å². The molecule has 0 N–H and O–H groups in total. The van der Waals surface area contributed by atoms with Gasteiger partial charge in [0.2, 0.25) is 0 Å². The van der Waals surface area contributed by atoms with E-state index >= 15 is 0 Å². The van der Waals surface area contributed by atoms with Crippen LogP contribution in [0.3, 0.4) is 0 Å². The molecule has 1 amide bonds. The second-order valence-corrected chi connectivity index (χ2v) is 6.25. The molecule has 0 radical (unpaired) electrons. The molecule has 0 aliphatic heterocycles. The van der Waals surface area contributed by atoms with Crippen LogP contribution in [0.2, 0.25) is 0 Å². The van der Waals surface area contributed by atoms with Crippen LogP contribution in [0.1, 0.15) is 33.5 Å². The van der Waals surface area contributed by atoms with E-state index in [9.17, 15) is 4.79 Å². The molecule has 3 nitrogen and oxygen atoms in total. The number of furan rings is 1. The zero-order valence-corrected chi connectivity index (χ0v) is 14.5. The molecule has 0 aliphatic rings. The molecular weight excluding hydrogens is 310 g/mol. The fourth-order valence-corrected chi connectivity index (χ4v) is 2.93. The lowest BCUT2D eigenvalue weighted by Crippen LogP contribution is -2.31. The normalized spacial score (nSPS) is 10.6. The maximum absolute atomic E-state index is 12.8. The molecule has 128 valence electrons. The van der Waals surface area contributed by atoms with Gasteiger partial charge in [-0.3, -0.25) is 4.79 Å². The number of nitrogens with zero attached hydrogens (tertiary/aromatic N) is 1. The Morgan fingerprint density at radius 2 is 1.76 bits per heavy atom. The molecule has 0 saturated heterocycles. The van der Waals surface area contributed by atoms with Crippen LogP contribution < -0.4 is 0 Å². The van der Waals surface area contributed by atoms with Crippen molar-refractivity contribution in [1.29, 1.82) is 0 Å². The van der Waals surface area contributed by atoms with Gasteiger partial charge in [0.15, 0.2) is 0 Å². The highest BCUT2D eigenvalue weighted by molar-refractivity contribution is 5.93. The number of amides is 1. The largest absolute Gasteiger partial charge is 0.472 e. The maximum atomic E-state index is 12.8. The van der Waals surface area contributed by atoms with E-state index in [-0.39, 0.29) is 5.91 Å². The number of hydrogen-bond acceptors (Lipinski definition) is 2. The Morgan fingerprint density at radius 3 is 2.48 bits per heavy atom. The summed E-state index contributed by atoms with van der Waals surface area (Å²) in [6.45, 7) is 3.42. The van der Waals surface area contributed by atoms with Gasteiger partial charge in [-0.2, -0.15) is 0 Å². The average Bonchev–Trinajstić information content (AvgIpc) is 3.17. The molecule has 2 aromatic carbocycles. The highest BCUT2D eigenvalue weighted by Gasteiger charge is 2.17. The first kappa shape index (κ1) is 17.0. The highest BCUT2D eigenvalue weighted by atomic mass is 16.3. The van der Waals surface area contributed by atoms with Gasteiger partial charge in [-0.05, 0) is 42.5 Å². The number of hydrogen-bond donors (Lipinski definition) is 0. The van der Waals surface area contributed by atoms with Gasteiger partial charge < -0.3 is 9.32 Å². The summed E-state index contributed by atoms with van der Waals surface area (Å²) in [7, 11) is 0. The molecule has 0 atom stereocenters. The molecule has 0 unspecified atom stereocenters. The van der Waals surface area contributed by atoms with Gasteiger partial charge in [-0.1, -0.05) is 54.6 Å². The Kier molecular flexibility index (Phi) is 5.68. The Morgan fingerprint density at radius 1 is 1.00 bits per heavy atom. The first-order valence-electron chi connectivity index (χ1n) is 8.64. The third kappa shape index (κ3) is 4.60. The number of rotatable bonds is 7. The molecule has 25 heavy (non-hydrogen) atoms.